The van der Waals surface area contributed by atoms with Gasteiger partial charge in [-0.3, -0.25) is 0 Å². The predicted octanol–water partition coefficient (Wildman–Crippen LogP) is 11.2. The Bertz CT molecular complexity index is 2420. The minimum absolute atomic E-state index is 0.638. The van der Waals surface area contributed by atoms with Crippen LogP contribution in [0.25, 0.3) is 64.7 Å². The molecule has 0 bridgehead atoms. The standard InChI is InChI=1S/C37H22N2O2S/c1-3-10-23(11-4-1)37-38-29-22-35-28(21-33(29)41-37)36-30(15-9-17-34(36)42-35)39(24-12-5-2-6-13-24)25-18-19-32-27(20-25)26-14-7-8-16-31(26)40-32/h1-22H. The Hall–Kier alpha value is -5.39. The van der Waals surface area contributed by atoms with E-state index < -0.39 is 0 Å². The number of benzene rings is 6. The second-order valence-corrected chi connectivity index (χ2v) is 11.5. The molecule has 0 radical (unpaired) electrons. The summed E-state index contributed by atoms with van der Waals surface area (Å²) in [4.78, 5) is 7.17. The number of aromatic nitrogens is 1. The van der Waals surface area contributed by atoms with Gasteiger partial charge < -0.3 is 13.7 Å². The zero-order valence-corrected chi connectivity index (χ0v) is 23.1. The zero-order valence-electron chi connectivity index (χ0n) is 22.3. The van der Waals surface area contributed by atoms with E-state index in [2.05, 4.69) is 95.9 Å². The molecular formula is C37H22N2O2S. The first-order chi connectivity index (χ1) is 20.8. The lowest BCUT2D eigenvalue weighted by molar-refractivity contribution is 0.620. The molecule has 5 heteroatoms. The molecule has 0 saturated heterocycles. The number of hydrogen-bond acceptors (Lipinski definition) is 5. The van der Waals surface area contributed by atoms with Gasteiger partial charge in [-0.05, 0) is 72.8 Å². The van der Waals surface area contributed by atoms with Gasteiger partial charge in [-0.2, -0.15) is 0 Å². The van der Waals surface area contributed by atoms with E-state index >= 15 is 0 Å². The van der Waals surface area contributed by atoms with Crippen LogP contribution in [0.5, 0.6) is 0 Å². The minimum Gasteiger partial charge on any atom is -0.456 e. The number of anilines is 3. The SMILES string of the molecule is c1ccc(-c2nc3cc4sc5cccc(N(c6ccccc6)c6ccc7oc8ccccc8c7c6)c5c4cc3o2)cc1. The second kappa shape index (κ2) is 9.06. The first-order valence-corrected chi connectivity index (χ1v) is 14.7. The van der Waals surface area contributed by atoms with Crippen LogP contribution in [-0.2, 0) is 0 Å². The number of thiophene rings is 1. The van der Waals surface area contributed by atoms with Crippen molar-refractivity contribution in [3.63, 3.8) is 0 Å². The number of hydrogen-bond donors (Lipinski definition) is 0. The number of nitrogens with zero attached hydrogens (tertiary/aromatic N) is 2. The van der Waals surface area contributed by atoms with Crippen molar-refractivity contribution >= 4 is 81.6 Å². The molecule has 3 aromatic heterocycles. The highest BCUT2D eigenvalue weighted by molar-refractivity contribution is 7.26. The van der Waals surface area contributed by atoms with Gasteiger partial charge in [-0.15, -0.1) is 11.3 Å². The van der Waals surface area contributed by atoms with Gasteiger partial charge in [0.25, 0.3) is 0 Å². The van der Waals surface area contributed by atoms with Crippen LogP contribution in [0.15, 0.2) is 142 Å². The molecule has 0 N–H and O–H groups in total. The van der Waals surface area contributed by atoms with Crippen LogP contribution < -0.4 is 4.90 Å². The zero-order chi connectivity index (χ0) is 27.6. The third-order valence-corrected chi connectivity index (χ3v) is 9.00. The lowest BCUT2D eigenvalue weighted by atomic mass is 10.1. The smallest absolute Gasteiger partial charge is 0.227 e. The Morgan fingerprint density at radius 1 is 0.524 bits per heavy atom. The van der Waals surface area contributed by atoms with E-state index in [0.29, 0.717) is 5.89 Å². The third-order valence-electron chi connectivity index (χ3n) is 7.88. The van der Waals surface area contributed by atoms with E-state index in [1.165, 1.54) is 14.8 Å². The molecule has 0 aliphatic carbocycles. The van der Waals surface area contributed by atoms with Crippen LogP contribution in [0.1, 0.15) is 0 Å². The number of oxazole rings is 1. The van der Waals surface area contributed by atoms with Crippen LogP contribution in [0.4, 0.5) is 17.1 Å². The van der Waals surface area contributed by atoms with E-state index in [1.54, 1.807) is 11.3 Å². The summed E-state index contributed by atoms with van der Waals surface area (Å²) in [5, 5.41) is 4.56. The molecule has 0 unspecified atom stereocenters. The summed E-state index contributed by atoms with van der Waals surface area (Å²) in [5.74, 6) is 0.638. The molecule has 0 amide bonds. The third kappa shape index (κ3) is 3.57. The van der Waals surface area contributed by atoms with Gasteiger partial charge in [0, 0.05) is 47.9 Å². The Morgan fingerprint density at radius 2 is 1.31 bits per heavy atom. The summed E-state index contributed by atoms with van der Waals surface area (Å²) in [7, 11) is 0. The molecule has 0 aliphatic rings. The topological polar surface area (TPSA) is 42.4 Å². The van der Waals surface area contributed by atoms with Crippen LogP contribution >= 0.6 is 11.3 Å². The highest BCUT2D eigenvalue weighted by Gasteiger charge is 2.21. The fourth-order valence-electron chi connectivity index (χ4n) is 5.98. The Labute approximate surface area is 244 Å². The Balaban J connectivity index is 1.29. The summed E-state index contributed by atoms with van der Waals surface area (Å²) in [6.07, 6.45) is 0. The lowest BCUT2D eigenvalue weighted by Crippen LogP contribution is -2.10. The van der Waals surface area contributed by atoms with Gasteiger partial charge >= 0.3 is 0 Å². The van der Waals surface area contributed by atoms with E-state index in [9.17, 15) is 0 Å². The van der Waals surface area contributed by atoms with Gasteiger partial charge in [0.1, 0.15) is 16.7 Å². The van der Waals surface area contributed by atoms with Gasteiger partial charge in [-0.25, -0.2) is 4.98 Å². The fraction of sp³-hybridized carbons (Fsp3) is 0. The molecule has 6 aromatic carbocycles. The average molecular weight is 559 g/mol. The molecule has 3 heterocycles. The van der Waals surface area contributed by atoms with Gasteiger partial charge in [0.15, 0.2) is 5.58 Å². The number of para-hydroxylation sites is 2. The monoisotopic (exact) mass is 558 g/mol. The maximum atomic E-state index is 6.30. The van der Waals surface area contributed by atoms with Crippen molar-refractivity contribution in [2.45, 2.75) is 0 Å². The summed E-state index contributed by atoms with van der Waals surface area (Å²) >= 11 is 1.79. The molecule has 0 saturated carbocycles. The van der Waals surface area contributed by atoms with Crippen molar-refractivity contribution in [1.82, 2.24) is 4.98 Å². The second-order valence-electron chi connectivity index (χ2n) is 10.4. The van der Waals surface area contributed by atoms with Crippen molar-refractivity contribution in [3.05, 3.63) is 133 Å². The molecular weight excluding hydrogens is 536 g/mol. The quantitative estimate of drug-likeness (QED) is 0.215. The maximum Gasteiger partial charge on any atom is 0.227 e. The van der Waals surface area contributed by atoms with E-state index in [1.807, 2.05) is 42.5 Å². The van der Waals surface area contributed by atoms with E-state index in [-0.39, 0.29) is 0 Å². The summed E-state index contributed by atoms with van der Waals surface area (Å²) < 4.78 is 14.9. The van der Waals surface area contributed by atoms with E-state index in [4.69, 9.17) is 13.8 Å². The van der Waals surface area contributed by atoms with Gasteiger partial charge in [0.2, 0.25) is 5.89 Å². The van der Waals surface area contributed by atoms with Crippen molar-refractivity contribution in [1.29, 1.82) is 0 Å². The number of rotatable bonds is 4. The summed E-state index contributed by atoms with van der Waals surface area (Å²) in [6.45, 7) is 0. The number of fused-ring (bicyclic) bond motifs is 7. The molecule has 42 heavy (non-hydrogen) atoms. The van der Waals surface area contributed by atoms with Crippen molar-refractivity contribution in [2.24, 2.45) is 0 Å². The molecule has 4 nitrogen and oxygen atoms in total. The van der Waals surface area contributed by atoms with Gasteiger partial charge in [-0.1, -0.05) is 60.7 Å². The molecule has 0 atom stereocenters. The molecule has 0 aliphatic heterocycles. The predicted molar refractivity (Wildman–Crippen MR) is 174 cm³/mol. The summed E-state index contributed by atoms with van der Waals surface area (Å²) in [5.41, 5.74) is 7.67. The van der Waals surface area contributed by atoms with Gasteiger partial charge in [0.05, 0.1) is 5.69 Å². The van der Waals surface area contributed by atoms with Crippen LogP contribution in [0.2, 0.25) is 0 Å². The highest BCUT2D eigenvalue weighted by Crippen LogP contribution is 2.46. The van der Waals surface area contributed by atoms with Crippen LogP contribution in [0.3, 0.4) is 0 Å². The molecule has 0 fully saturated rings. The Kier molecular flexibility index (Phi) is 5.03. The minimum atomic E-state index is 0.638. The molecule has 198 valence electrons. The summed E-state index contributed by atoms with van der Waals surface area (Å²) in [6, 6.07) is 46.2. The van der Waals surface area contributed by atoms with Crippen molar-refractivity contribution in [3.8, 4) is 11.5 Å². The molecule has 0 spiro atoms. The van der Waals surface area contributed by atoms with Crippen molar-refractivity contribution < 1.29 is 8.83 Å². The lowest BCUT2D eigenvalue weighted by Gasteiger charge is -2.26. The number of furan rings is 1. The van der Waals surface area contributed by atoms with Crippen LogP contribution in [0, 0.1) is 0 Å². The largest absolute Gasteiger partial charge is 0.456 e. The average Bonchev–Trinajstić information content (AvgIpc) is 3.74. The van der Waals surface area contributed by atoms with Crippen molar-refractivity contribution in [2.75, 3.05) is 4.90 Å². The first kappa shape index (κ1) is 23.3. The molecule has 9 rings (SSSR count). The Morgan fingerprint density at radius 3 is 2.19 bits per heavy atom. The fourth-order valence-corrected chi connectivity index (χ4v) is 7.12. The van der Waals surface area contributed by atoms with E-state index in [0.717, 1.165) is 61.1 Å². The first-order valence-electron chi connectivity index (χ1n) is 13.9. The molecule has 9 aromatic rings. The normalized spacial score (nSPS) is 11.8. The highest BCUT2D eigenvalue weighted by atomic mass is 32.1. The van der Waals surface area contributed by atoms with Crippen LogP contribution in [-0.4, -0.2) is 4.98 Å². The maximum absolute atomic E-state index is 6.30.